The topological polar surface area (TPSA) is 15.7 Å². The summed E-state index contributed by atoms with van der Waals surface area (Å²) in [5.74, 6) is 0.547. The standard InChI is InChI=1S/C24H27FN2OS/c1-26(2)16-7-17-27(29-22-8-5-4-6-9-22)24-15-14-21(28-3)18-23(24)19-10-12-20(25)13-11-19/h4-6,8-15,18H,7,16-17H2,1-3H3. The van der Waals surface area contributed by atoms with E-state index < -0.39 is 0 Å². The number of nitrogens with zero attached hydrogens (tertiary/aromatic N) is 2. The van der Waals surface area contributed by atoms with E-state index in [0.29, 0.717) is 0 Å². The van der Waals surface area contributed by atoms with E-state index in [-0.39, 0.29) is 5.82 Å². The van der Waals surface area contributed by atoms with Crippen LogP contribution in [0.1, 0.15) is 6.42 Å². The van der Waals surface area contributed by atoms with Crippen LogP contribution in [0.5, 0.6) is 5.75 Å². The highest BCUT2D eigenvalue weighted by molar-refractivity contribution is 8.00. The van der Waals surface area contributed by atoms with Crippen LogP contribution in [-0.4, -0.2) is 39.2 Å². The zero-order valence-electron chi connectivity index (χ0n) is 17.1. The zero-order chi connectivity index (χ0) is 20.6. The van der Waals surface area contributed by atoms with E-state index in [2.05, 4.69) is 53.6 Å². The lowest BCUT2D eigenvalue weighted by Gasteiger charge is -2.27. The maximum atomic E-state index is 13.5. The number of ether oxygens (including phenoxy) is 1. The van der Waals surface area contributed by atoms with Gasteiger partial charge in [0.1, 0.15) is 11.6 Å². The van der Waals surface area contributed by atoms with Gasteiger partial charge in [-0.1, -0.05) is 30.3 Å². The number of hydrogen-bond donors (Lipinski definition) is 0. The van der Waals surface area contributed by atoms with Gasteiger partial charge in [0, 0.05) is 17.0 Å². The Kier molecular flexibility index (Phi) is 7.55. The molecule has 0 fully saturated rings. The van der Waals surface area contributed by atoms with Crippen LogP contribution in [0.25, 0.3) is 11.1 Å². The minimum atomic E-state index is -0.236. The van der Waals surface area contributed by atoms with Crippen molar-refractivity contribution in [3.8, 4) is 16.9 Å². The molecule has 0 amide bonds. The molecule has 0 unspecified atom stereocenters. The van der Waals surface area contributed by atoms with Crippen molar-refractivity contribution in [2.75, 3.05) is 38.6 Å². The van der Waals surface area contributed by atoms with Crippen LogP contribution in [0.3, 0.4) is 0 Å². The Hall–Kier alpha value is -2.50. The van der Waals surface area contributed by atoms with Gasteiger partial charge < -0.3 is 13.9 Å². The Morgan fingerprint density at radius 1 is 0.897 bits per heavy atom. The summed E-state index contributed by atoms with van der Waals surface area (Å²) in [5, 5.41) is 0. The van der Waals surface area contributed by atoms with Crippen LogP contribution in [0.2, 0.25) is 0 Å². The van der Waals surface area contributed by atoms with Gasteiger partial charge >= 0.3 is 0 Å². The summed E-state index contributed by atoms with van der Waals surface area (Å²) in [6.45, 7) is 1.89. The lowest BCUT2D eigenvalue weighted by atomic mass is 10.0. The monoisotopic (exact) mass is 410 g/mol. The van der Waals surface area contributed by atoms with Crippen LogP contribution < -0.4 is 9.04 Å². The molecule has 0 atom stereocenters. The second-order valence-electron chi connectivity index (χ2n) is 7.05. The molecule has 0 bridgehead atoms. The second kappa shape index (κ2) is 10.3. The van der Waals surface area contributed by atoms with Crippen molar-refractivity contribution >= 4 is 17.6 Å². The third-order valence-electron chi connectivity index (χ3n) is 4.55. The molecule has 0 radical (unpaired) electrons. The minimum Gasteiger partial charge on any atom is -0.497 e. The van der Waals surface area contributed by atoms with Gasteiger partial charge in [-0.05, 0) is 87.0 Å². The molecule has 0 aliphatic carbocycles. The summed E-state index contributed by atoms with van der Waals surface area (Å²) >= 11 is 1.72. The molecule has 152 valence electrons. The summed E-state index contributed by atoms with van der Waals surface area (Å²) < 4.78 is 21.3. The molecule has 0 N–H and O–H groups in total. The predicted molar refractivity (Wildman–Crippen MR) is 121 cm³/mol. The smallest absolute Gasteiger partial charge is 0.123 e. The molecule has 3 nitrogen and oxygen atoms in total. The molecule has 3 rings (SSSR count). The molecule has 0 saturated heterocycles. The van der Waals surface area contributed by atoms with Crippen molar-refractivity contribution in [2.45, 2.75) is 11.3 Å². The fraction of sp³-hybridized carbons (Fsp3) is 0.250. The maximum Gasteiger partial charge on any atom is 0.123 e. The van der Waals surface area contributed by atoms with Crippen molar-refractivity contribution in [3.63, 3.8) is 0 Å². The number of halogens is 1. The average Bonchev–Trinajstić information content (AvgIpc) is 2.74. The summed E-state index contributed by atoms with van der Waals surface area (Å²) in [7, 11) is 5.84. The van der Waals surface area contributed by atoms with Crippen molar-refractivity contribution in [1.82, 2.24) is 4.90 Å². The van der Waals surface area contributed by atoms with Gasteiger partial charge in [-0.15, -0.1) is 0 Å². The fourth-order valence-corrected chi connectivity index (χ4v) is 4.09. The van der Waals surface area contributed by atoms with Crippen LogP contribution in [-0.2, 0) is 0 Å². The molecule has 0 spiro atoms. The first kappa shape index (κ1) is 21.2. The molecule has 3 aromatic carbocycles. The molecule has 0 aromatic heterocycles. The summed E-state index contributed by atoms with van der Waals surface area (Å²) in [6, 6.07) is 23.1. The van der Waals surface area contributed by atoms with Gasteiger partial charge in [0.15, 0.2) is 0 Å². The van der Waals surface area contributed by atoms with E-state index in [1.54, 1.807) is 19.1 Å². The van der Waals surface area contributed by atoms with Gasteiger partial charge in [-0.3, -0.25) is 0 Å². The van der Waals surface area contributed by atoms with Crippen LogP contribution >= 0.6 is 11.9 Å². The lowest BCUT2D eigenvalue weighted by Crippen LogP contribution is -2.22. The van der Waals surface area contributed by atoms with Crippen molar-refractivity contribution in [2.24, 2.45) is 0 Å². The van der Waals surface area contributed by atoms with E-state index in [4.69, 9.17) is 4.74 Å². The van der Waals surface area contributed by atoms with Crippen LogP contribution in [0.4, 0.5) is 10.1 Å². The van der Waals surface area contributed by atoms with Crippen molar-refractivity contribution in [3.05, 3.63) is 78.6 Å². The van der Waals surface area contributed by atoms with Gasteiger partial charge in [0.2, 0.25) is 0 Å². The minimum absolute atomic E-state index is 0.236. The normalized spacial score (nSPS) is 10.9. The molecule has 0 saturated carbocycles. The Labute approximate surface area is 177 Å². The molecule has 0 aliphatic rings. The Morgan fingerprint density at radius 2 is 1.62 bits per heavy atom. The van der Waals surface area contributed by atoms with Gasteiger partial charge in [0.25, 0.3) is 0 Å². The highest BCUT2D eigenvalue weighted by atomic mass is 32.2. The highest BCUT2D eigenvalue weighted by Crippen LogP contribution is 2.39. The average molecular weight is 411 g/mol. The Bertz CT molecular complexity index is 901. The summed E-state index contributed by atoms with van der Waals surface area (Å²) in [5.41, 5.74) is 3.08. The molecule has 3 aromatic rings. The SMILES string of the molecule is COc1ccc(N(CCCN(C)C)Sc2ccccc2)c(-c2ccc(F)cc2)c1. The second-order valence-corrected chi connectivity index (χ2v) is 8.15. The lowest BCUT2D eigenvalue weighted by molar-refractivity contribution is 0.403. The number of benzene rings is 3. The first-order chi connectivity index (χ1) is 14.1. The molecular weight excluding hydrogens is 383 g/mol. The van der Waals surface area contributed by atoms with E-state index in [1.807, 2.05) is 30.3 Å². The quantitative estimate of drug-likeness (QED) is 0.404. The molecular formula is C24H27FN2OS. The van der Waals surface area contributed by atoms with Crippen LogP contribution in [0, 0.1) is 5.82 Å². The van der Waals surface area contributed by atoms with E-state index >= 15 is 0 Å². The highest BCUT2D eigenvalue weighted by Gasteiger charge is 2.16. The Morgan fingerprint density at radius 3 is 2.28 bits per heavy atom. The van der Waals surface area contributed by atoms with Gasteiger partial charge in [-0.2, -0.15) is 0 Å². The van der Waals surface area contributed by atoms with Crippen LogP contribution in [0.15, 0.2) is 77.7 Å². The maximum absolute atomic E-state index is 13.5. The fourth-order valence-electron chi connectivity index (χ4n) is 3.07. The number of anilines is 1. The number of hydrogen-bond acceptors (Lipinski definition) is 4. The third-order valence-corrected chi connectivity index (χ3v) is 5.64. The largest absolute Gasteiger partial charge is 0.497 e. The zero-order valence-corrected chi connectivity index (χ0v) is 18.0. The molecule has 29 heavy (non-hydrogen) atoms. The van der Waals surface area contributed by atoms with E-state index in [1.165, 1.54) is 17.0 Å². The van der Waals surface area contributed by atoms with E-state index in [9.17, 15) is 4.39 Å². The summed E-state index contributed by atoms with van der Waals surface area (Å²) in [6.07, 6.45) is 1.03. The van der Waals surface area contributed by atoms with Crippen molar-refractivity contribution < 1.29 is 9.13 Å². The van der Waals surface area contributed by atoms with E-state index in [0.717, 1.165) is 42.1 Å². The van der Waals surface area contributed by atoms with Gasteiger partial charge in [0.05, 0.1) is 12.8 Å². The number of rotatable bonds is 9. The predicted octanol–water partition coefficient (Wildman–Crippen LogP) is 5.97. The molecule has 0 aliphatic heterocycles. The van der Waals surface area contributed by atoms with Gasteiger partial charge in [-0.25, -0.2) is 4.39 Å². The first-order valence-electron chi connectivity index (χ1n) is 9.66. The molecule has 5 heteroatoms. The third kappa shape index (κ3) is 5.99. The molecule has 0 heterocycles. The Balaban J connectivity index is 1.99. The van der Waals surface area contributed by atoms with Crippen molar-refractivity contribution in [1.29, 1.82) is 0 Å². The summed E-state index contributed by atoms with van der Waals surface area (Å²) in [4.78, 5) is 3.37. The first-order valence-corrected chi connectivity index (χ1v) is 10.4. The number of methoxy groups -OCH3 is 1.